The van der Waals surface area contributed by atoms with E-state index in [2.05, 4.69) is 5.32 Å². The molecule has 0 bridgehead atoms. The summed E-state index contributed by atoms with van der Waals surface area (Å²) in [5.74, 6) is -0.630. The Hall–Kier alpha value is -2.65. The van der Waals surface area contributed by atoms with Gasteiger partial charge in [-0.1, -0.05) is 6.07 Å². The third-order valence-corrected chi connectivity index (χ3v) is 4.78. The Bertz CT molecular complexity index is 767. The van der Waals surface area contributed by atoms with Crippen LogP contribution in [0.3, 0.4) is 0 Å². The lowest BCUT2D eigenvalue weighted by atomic mass is 9.96. The Balaban J connectivity index is 2.41. The number of hydrogen-bond acceptors (Lipinski definition) is 6. The second kappa shape index (κ2) is 9.71. The van der Waals surface area contributed by atoms with E-state index in [1.807, 2.05) is 25.1 Å². The molecule has 1 unspecified atom stereocenters. The minimum absolute atomic E-state index is 0.0594. The van der Waals surface area contributed by atoms with Gasteiger partial charge in [0.2, 0.25) is 11.8 Å². The summed E-state index contributed by atoms with van der Waals surface area (Å²) in [4.78, 5) is 39.1. The van der Waals surface area contributed by atoms with Crippen LogP contribution in [0.15, 0.2) is 18.2 Å². The van der Waals surface area contributed by atoms with Gasteiger partial charge in [-0.3, -0.25) is 14.5 Å². The largest absolute Gasteiger partial charge is 0.446 e. The second-order valence-corrected chi connectivity index (χ2v) is 7.56. The first kappa shape index (κ1) is 22.6. The van der Waals surface area contributed by atoms with Crippen LogP contribution in [0.5, 0.6) is 0 Å². The summed E-state index contributed by atoms with van der Waals surface area (Å²) in [6, 6.07) is 5.39. The molecule has 9 heteroatoms. The Morgan fingerprint density at radius 3 is 2.52 bits per heavy atom. The molecule has 160 valence electrons. The molecule has 5 N–H and O–H groups in total. The van der Waals surface area contributed by atoms with E-state index in [1.165, 1.54) is 6.92 Å². The third-order valence-electron chi connectivity index (χ3n) is 4.78. The van der Waals surface area contributed by atoms with E-state index < -0.39 is 12.0 Å². The molecule has 0 fully saturated rings. The van der Waals surface area contributed by atoms with Gasteiger partial charge >= 0.3 is 6.09 Å². The predicted molar refractivity (Wildman–Crippen MR) is 112 cm³/mol. The number of carbonyl (C=O) groups is 3. The minimum Gasteiger partial charge on any atom is -0.446 e. The van der Waals surface area contributed by atoms with Crippen LogP contribution in [0.1, 0.15) is 39.2 Å². The van der Waals surface area contributed by atoms with Crippen LogP contribution < -0.4 is 26.6 Å². The Labute approximate surface area is 171 Å². The molecule has 0 radical (unpaired) electrons. The number of carbonyl (C=O) groups excluding carboxylic acids is 3. The fourth-order valence-corrected chi connectivity index (χ4v) is 3.52. The van der Waals surface area contributed by atoms with E-state index in [4.69, 9.17) is 16.2 Å². The van der Waals surface area contributed by atoms with Crippen LogP contribution >= 0.6 is 0 Å². The van der Waals surface area contributed by atoms with E-state index in [-0.39, 0.29) is 30.5 Å². The van der Waals surface area contributed by atoms with Crippen LogP contribution in [0, 0.1) is 0 Å². The molecule has 1 heterocycles. The molecule has 3 amide bonds. The van der Waals surface area contributed by atoms with Crippen molar-refractivity contribution in [2.24, 2.45) is 11.5 Å². The van der Waals surface area contributed by atoms with Crippen molar-refractivity contribution in [1.29, 1.82) is 0 Å². The monoisotopic (exact) mass is 405 g/mol. The molecule has 0 saturated heterocycles. The molecule has 9 nitrogen and oxygen atoms in total. The molecule has 1 aliphatic rings. The van der Waals surface area contributed by atoms with Crippen molar-refractivity contribution in [2.45, 2.75) is 45.8 Å². The van der Waals surface area contributed by atoms with E-state index in [0.717, 1.165) is 5.56 Å². The minimum atomic E-state index is -0.454. The number of benzene rings is 1. The number of nitrogens with zero attached hydrogens (tertiary/aromatic N) is 2. The second-order valence-electron chi connectivity index (χ2n) is 7.56. The number of ether oxygens (including phenoxy) is 1. The number of hydrogen-bond donors (Lipinski definition) is 3. The van der Waals surface area contributed by atoms with E-state index in [0.29, 0.717) is 31.0 Å². The summed E-state index contributed by atoms with van der Waals surface area (Å²) in [7, 11) is 0. The molecule has 2 rings (SSSR count). The molecule has 1 aromatic rings. The van der Waals surface area contributed by atoms with Crippen molar-refractivity contribution in [1.82, 2.24) is 5.32 Å². The summed E-state index contributed by atoms with van der Waals surface area (Å²) in [6.07, 6.45) is -0.713. The van der Waals surface area contributed by atoms with Gasteiger partial charge < -0.3 is 26.4 Å². The summed E-state index contributed by atoms with van der Waals surface area (Å²) < 4.78 is 5.40. The molecular formula is C20H31N5O4. The Morgan fingerprint density at radius 1 is 1.28 bits per heavy atom. The van der Waals surface area contributed by atoms with Crippen LogP contribution in [-0.2, 0) is 14.3 Å². The maximum absolute atomic E-state index is 12.7. The lowest BCUT2D eigenvalue weighted by molar-refractivity contribution is -0.117. The van der Waals surface area contributed by atoms with Crippen molar-refractivity contribution < 1.29 is 19.1 Å². The maximum atomic E-state index is 12.7. The van der Waals surface area contributed by atoms with Crippen molar-refractivity contribution in [3.8, 4) is 0 Å². The van der Waals surface area contributed by atoms with Crippen molar-refractivity contribution in [3.05, 3.63) is 23.8 Å². The molecule has 0 aliphatic carbocycles. The quantitative estimate of drug-likeness (QED) is 0.618. The molecule has 0 saturated carbocycles. The maximum Gasteiger partial charge on any atom is 0.414 e. The summed E-state index contributed by atoms with van der Waals surface area (Å²) in [5, 5.41) is 2.98. The van der Waals surface area contributed by atoms with E-state index in [1.54, 1.807) is 23.6 Å². The van der Waals surface area contributed by atoms with Gasteiger partial charge in [0, 0.05) is 32.5 Å². The summed E-state index contributed by atoms with van der Waals surface area (Å²) in [5.41, 5.74) is 13.3. The first-order valence-corrected chi connectivity index (χ1v) is 9.76. The Kier molecular flexibility index (Phi) is 7.58. The zero-order valence-electron chi connectivity index (χ0n) is 17.5. The highest BCUT2D eigenvalue weighted by Gasteiger charge is 2.35. The molecule has 0 aromatic heterocycles. The molecule has 2 atom stereocenters. The third kappa shape index (κ3) is 5.45. The number of rotatable bonds is 7. The smallest absolute Gasteiger partial charge is 0.414 e. The lowest BCUT2D eigenvalue weighted by Gasteiger charge is -2.40. The highest BCUT2D eigenvalue weighted by molar-refractivity contribution is 6.02. The lowest BCUT2D eigenvalue weighted by Crippen LogP contribution is -2.51. The van der Waals surface area contributed by atoms with Crippen molar-refractivity contribution in [2.75, 3.05) is 36.0 Å². The first-order chi connectivity index (χ1) is 13.6. The van der Waals surface area contributed by atoms with Gasteiger partial charge in [0.15, 0.2) is 0 Å². The van der Waals surface area contributed by atoms with Crippen molar-refractivity contribution in [3.63, 3.8) is 0 Å². The predicted octanol–water partition coefficient (Wildman–Crippen LogP) is 0.910. The number of fused-ring (bicyclic) bond motifs is 1. The fraction of sp³-hybridized carbons (Fsp3) is 0.550. The van der Waals surface area contributed by atoms with Gasteiger partial charge in [0.25, 0.3) is 0 Å². The van der Waals surface area contributed by atoms with Crippen LogP contribution in [0.2, 0.25) is 0 Å². The Morgan fingerprint density at radius 2 is 1.97 bits per heavy atom. The van der Waals surface area contributed by atoms with Crippen LogP contribution in [0.4, 0.5) is 16.2 Å². The van der Waals surface area contributed by atoms with Gasteiger partial charge in [-0.25, -0.2) is 4.79 Å². The van der Waals surface area contributed by atoms with Gasteiger partial charge in [0.05, 0.1) is 30.1 Å². The molecule has 1 aliphatic heterocycles. The zero-order chi connectivity index (χ0) is 21.7. The first-order valence-electron chi connectivity index (χ1n) is 9.76. The van der Waals surface area contributed by atoms with E-state index in [9.17, 15) is 14.4 Å². The van der Waals surface area contributed by atoms with Gasteiger partial charge in [-0.2, -0.15) is 0 Å². The summed E-state index contributed by atoms with van der Waals surface area (Å²) >= 11 is 0. The number of primary amides is 1. The van der Waals surface area contributed by atoms with Gasteiger partial charge in [-0.15, -0.1) is 0 Å². The van der Waals surface area contributed by atoms with Gasteiger partial charge in [-0.05, 0) is 38.5 Å². The van der Waals surface area contributed by atoms with Gasteiger partial charge in [0.1, 0.15) is 0 Å². The standard InChI is InChI=1S/C20H31N5O4/c1-12(2)29-20(28)24-11-13(3)25(14(4)26)17-6-5-15(7-18(17)24)16(8-21)9-23-10-19(22)27/h5-7,12-13,16,23H,8-11,21H2,1-4H3,(H2,22,27)/t13-,16?/m0/s1. The molecule has 0 spiro atoms. The van der Waals surface area contributed by atoms with E-state index >= 15 is 0 Å². The normalized spacial score (nSPS) is 17.1. The SMILES string of the molecule is CC(=O)N1c2ccc(C(CN)CNCC(N)=O)cc2N(C(=O)OC(C)C)C[C@@H]1C. The number of nitrogens with one attached hydrogen (secondary N) is 1. The number of anilines is 2. The van der Waals surface area contributed by atoms with Crippen molar-refractivity contribution >= 4 is 29.3 Å². The average molecular weight is 405 g/mol. The van der Waals surface area contributed by atoms with Crippen LogP contribution in [-0.4, -0.2) is 56.2 Å². The molecule has 29 heavy (non-hydrogen) atoms. The zero-order valence-corrected chi connectivity index (χ0v) is 17.5. The molecular weight excluding hydrogens is 374 g/mol. The average Bonchev–Trinajstić information content (AvgIpc) is 2.63. The highest BCUT2D eigenvalue weighted by Crippen LogP contribution is 2.38. The van der Waals surface area contributed by atoms with Crippen LogP contribution in [0.25, 0.3) is 0 Å². The topological polar surface area (TPSA) is 131 Å². The highest BCUT2D eigenvalue weighted by atomic mass is 16.6. The molecule has 1 aromatic carbocycles. The number of nitrogens with two attached hydrogens (primary N) is 2. The summed E-state index contributed by atoms with van der Waals surface area (Å²) in [6.45, 7) is 8.17. The fourth-order valence-electron chi connectivity index (χ4n) is 3.52. The number of amides is 3.